The van der Waals surface area contributed by atoms with E-state index >= 15 is 0 Å². The monoisotopic (exact) mass is 276 g/mol. The molecule has 1 fully saturated rings. The van der Waals surface area contributed by atoms with E-state index in [-0.39, 0.29) is 12.4 Å². The molecule has 1 aliphatic heterocycles. The maximum atomic E-state index is 9.91. The molecule has 0 aromatic carbocycles. The lowest BCUT2D eigenvalue weighted by atomic mass is 10.2. The van der Waals surface area contributed by atoms with Crippen LogP contribution in [0.15, 0.2) is 17.8 Å². The number of hydrogen-bond acceptors (Lipinski definition) is 7. The molecule has 0 amide bonds. The highest BCUT2D eigenvalue weighted by Gasteiger charge is 2.35. The maximum absolute atomic E-state index is 9.91. The molecule has 3 atom stereocenters. The second-order valence-corrected chi connectivity index (χ2v) is 4.43. The number of hydrogen-bond donors (Lipinski definition) is 2. The number of rotatable bonds is 3. The number of azide groups is 1. The molecule has 3 rings (SSSR count). The molecule has 104 valence electrons. The maximum Gasteiger partial charge on any atom is 0.167 e. The fourth-order valence-corrected chi connectivity index (χ4v) is 2.25. The Morgan fingerprint density at radius 2 is 2.40 bits per heavy atom. The van der Waals surface area contributed by atoms with Crippen LogP contribution >= 0.6 is 0 Å². The van der Waals surface area contributed by atoms with E-state index < -0.39 is 18.4 Å². The number of nitrogens with zero attached hydrogens (tertiary/aromatic N) is 7. The normalized spacial score (nSPS) is 25.8. The highest BCUT2D eigenvalue weighted by atomic mass is 16.5. The summed E-state index contributed by atoms with van der Waals surface area (Å²) in [6.07, 6.45) is 1.58. The number of ether oxygens (including phenoxy) is 1. The van der Waals surface area contributed by atoms with Crippen molar-refractivity contribution in [2.75, 3.05) is 12.3 Å². The predicted molar refractivity (Wildman–Crippen MR) is 68.3 cm³/mol. The van der Waals surface area contributed by atoms with E-state index in [2.05, 4.69) is 25.0 Å². The second kappa shape index (κ2) is 4.93. The van der Waals surface area contributed by atoms with Gasteiger partial charge in [-0.05, 0) is 5.53 Å². The number of nitrogen functional groups attached to an aromatic ring is 1. The molecular formula is C10H12N8O2. The summed E-state index contributed by atoms with van der Waals surface area (Å²) in [5.41, 5.74) is 15.1. The SMILES string of the molecule is [N-]=[N+]=NC[C@@H]1O[C@@H](n2cnc3c(N)ncnc32)C[C@H]1O. The third-order valence-electron chi connectivity index (χ3n) is 3.23. The third kappa shape index (κ3) is 2.01. The van der Waals surface area contributed by atoms with E-state index in [1.165, 1.54) is 6.33 Å². The average molecular weight is 276 g/mol. The fraction of sp³-hybridized carbons (Fsp3) is 0.500. The van der Waals surface area contributed by atoms with Crippen molar-refractivity contribution >= 4 is 17.0 Å². The third-order valence-corrected chi connectivity index (χ3v) is 3.23. The molecule has 0 bridgehead atoms. The lowest BCUT2D eigenvalue weighted by Crippen LogP contribution is -2.23. The van der Waals surface area contributed by atoms with Crippen molar-refractivity contribution in [3.63, 3.8) is 0 Å². The van der Waals surface area contributed by atoms with Crippen LogP contribution in [-0.2, 0) is 4.74 Å². The van der Waals surface area contributed by atoms with Crippen LogP contribution in [0.1, 0.15) is 12.6 Å². The molecule has 3 N–H and O–H groups in total. The van der Waals surface area contributed by atoms with E-state index in [1.54, 1.807) is 10.9 Å². The van der Waals surface area contributed by atoms with Crippen molar-refractivity contribution in [1.82, 2.24) is 19.5 Å². The molecule has 0 unspecified atom stereocenters. The molecule has 0 spiro atoms. The van der Waals surface area contributed by atoms with E-state index in [0.29, 0.717) is 17.6 Å². The standard InChI is InChI=1S/C10H12N8O2/c11-9-8-10(14-3-13-9)18(4-15-8)7-1-5(19)6(20-7)2-16-17-12/h3-7,19H,1-2H2,(H2,11,13,14)/t5-,6+,7-/m1/s1. The number of aliphatic hydroxyl groups excluding tert-OH is 1. The van der Waals surface area contributed by atoms with Gasteiger partial charge in [-0.25, -0.2) is 15.0 Å². The Kier molecular flexibility index (Phi) is 3.11. The highest BCUT2D eigenvalue weighted by molar-refractivity contribution is 5.81. The minimum atomic E-state index is -0.706. The van der Waals surface area contributed by atoms with Gasteiger partial charge in [-0.1, -0.05) is 5.11 Å². The quantitative estimate of drug-likeness (QED) is 0.470. The van der Waals surface area contributed by atoms with Crippen LogP contribution in [0.2, 0.25) is 0 Å². The fourth-order valence-electron chi connectivity index (χ4n) is 2.25. The molecule has 3 heterocycles. The number of aromatic nitrogens is 4. The van der Waals surface area contributed by atoms with Crippen LogP contribution < -0.4 is 5.73 Å². The topological polar surface area (TPSA) is 148 Å². The Balaban J connectivity index is 1.89. The first-order valence-electron chi connectivity index (χ1n) is 5.98. The number of nitrogens with two attached hydrogens (primary N) is 1. The van der Waals surface area contributed by atoms with E-state index in [1.807, 2.05) is 0 Å². The average Bonchev–Trinajstić information content (AvgIpc) is 3.01. The first-order valence-corrected chi connectivity index (χ1v) is 5.98. The summed E-state index contributed by atoms with van der Waals surface area (Å²) >= 11 is 0. The zero-order valence-corrected chi connectivity index (χ0v) is 10.4. The van der Waals surface area contributed by atoms with Gasteiger partial charge in [0.2, 0.25) is 0 Å². The molecule has 0 aliphatic carbocycles. The summed E-state index contributed by atoms with van der Waals surface area (Å²) in [5, 5.41) is 13.3. The second-order valence-electron chi connectivity index (χ2n) is 4.43. The summed E-state index contributed by atoms with van der Waals surface area (Å²) in [5.74, 6) is 0.290. The smallest absolute Gasteiger partial charge is 0.167 e. The summed E-state index contributed by atoms with van der Waals surface area (Å²) in [7, 11) is 0. The summed E-state index contributed by atoms with van der Waals surface area (Å²) in [4.78, 5) is 14.8. The van der Waals surface area contributed by atoms with Gasteiger partial charge in [0.05, 0.1) is 25.1 Å². The summed E-state index contributed by atoms with van der Waals surface area (Å²) in [6, 6.07) is 0. The van der Waals surface area contributed by atoms with Crippen LogP contribution in [0.3, 0.4) is 0 Å². The number of imidazole rings is 1. The zero-order chi connectivity index (χ0) is 14.1. The Bertz CT molecular complexity index is 679. The molecule has 1 saturated heterocycles. The van der Waals surface area contributed by atoms with E-state index in [9.17, 15) is 5.11 Å². The lowest BCUT2D eigenvalue weighted by molar-refractivity contribution is -0.0114. The number of aliphatic hydroxyl groups is 1. The van der Waals surface area contributed by atoms with Gasteiger partial charge in [0.15, 0.2) is 11.5 Å². The Morgan fingerprint density at radius 1 is 1.55 bits per heavy atom. The summed E-state index contributed by atoms with van der Waals surface area (Å²) in [6.45, 7) is 0.0813. The molecular weight excluding hydrogens is 264 g/mol. The minimum Gasteiger partial charge on any atom is -0.390 e. The van der Waals surface area contributed by atoms with Gasteiger partial charge in [-0.3, -0.25) is 4.57 Å². The van der Waals surface area contributed by atoms with Crippen molar-refractivity contribution in [1.29, 1.82) is 0 Å². The Morgan fingerprint density at radius 3 is 3.20 bits per heavy atom. The van der Waals surface area contributed by atoms with Crippen LogP contribution in [0, 0.1) is 0 Å². The molecule has 0 saturated carbocycles. The largest absolute Gasteiger partial charge is 0.390 e. The van der Waals surface area contributed by atoms with Crippen LogP contribution in [-0.4, -0.2) is 43.4 Å². The molecule has 10 heteroatoms. The molecule has 2 aromatic rings. The van der Waals surface area contributed by atoms with Crippen molar-refractivity contribution in [2.24, 2.45) is 5.11 Å². The van der Waals surface area contributed by atoms with Crippen LogP contribution in [0.5, 0.6) is 0 Å². The lowest BCUT2D eigenvalue weighted by Gasteiger charge is -2.13. The Hall–Kier alpha value is -2.42. The van der Waals surface area contributed by atoms with Crippen LogP contribution in [0.25, 0.3) is 21.6 Å². The molecule has 0 radical (unpaired) electrons. The summed E-state index contributed by atoms with van der Waals surface area (Å²) < 4.78 is 7.36. The van der Waals surface area contributed by atoms with Gasteiger partial charge >= 0.3 is 0 Å². The molecule has 10 nitrogen and oxygen atoms in total. The molecule has 20 heavy (non-hydrogen) atoms. The van der Waals surface area contributed by atoms with E-state index in [0.717, 1.165) is 0 Å². The molecule has 1 aliphatic rings. The number of fused-ring (bicyclic) bond motifs is 1. The highest BCUT2D eigenvalue weighted by Crippen LogP contribution is 2.31. The van der Waals surface area contributed by atoms with Gasteiger partial charge < -0.3 is 15.6 Å². The van der Waals surface area contributed by atoms with Gasteiger partial charge in [-0.2, -0.15) is 0 Å². The molecule has 2 aromatic heterocycles. The predicted octanol–water partition coefficient (Wildman–Crippen LogP) is 0.367. The van der Waals surface area contributed by atoms with Gasteiger partial charge in [0.25, 0.3) is 0 Å². The zero-order valence-electron chi connectivity index (χ0n) is 10.4. The minimum absolute atomic E-state index is 0.0813. The van der Waals surface area contributed by atoms with Crippen molar-refractivity contribution in [2.45, 2.75) is 24.9 Å². The van der Waals surface area contributed by atoms with E-state index in [4.69, 9.17) is 16.0 Å². The van der Waals surface area contributed by atoms with Crippen molar-refractivity contribution in [3.05, 3.63) is 23.1 Å². The first-order chi connectivity index (χ1) is 9.70. The van der Waals surface area contributed by atoms with Gasteiger partial charge in [-0.15, -0.1) is 0 Å². The van der Waals surface area contributed by atoms with Gasteiger partial charge in [0.1, 0.15) is 18.1 Å². The van der Waals surface area contributed by atoms with Gasteiger partial charge in [0, 0.05) is 11.3 Å². The first kappa shape index (κ1) is 12.6. The number of anilines is 1. The Labute approximate surface area is 112 Å². The van der Waals surface area contributed by atoms with Crippen molar-refractivity contribution < 1.29 is 9.84 Å². The van der Waals surface area contributed by atoms with Crippen molar-refractivity contribution in [3.8, 4) is 0 Å². The van der Waals surface area contributed by atoms with Crippen LogP contribution in [0.4, 0.5) is 5.82 Å².